The van der Waals surface area contributed by atoms with Gasteiger partial charge >= 0.3 is 6.03 Å². The first-order valence-electron chi connectivity index (χ1n) is 11.0. The Labute approximate surface area is 184 Å². The second-order valence-corrected chi connectivity index (χ2v) is 8.04. The number of amides is 3. The minimum atomic E-state index is -0.153. The second-order valence-electron chi connectivity index (χ2n) is 8.04. The van der Waals surface area contributed by atoms with Crippen LogP contribution < -0.4 is 5.32 Å². The average molecular weight is 422 g/mol. The molecule has 0 atom stereocenters. The molecule has 1 aliphatic rings. The molecule has 1 saturated heterocycles. The molecule has 0 bridgehead atoms. The Bertz CT molecular complexity index is 916. The fraction of sp³-hybridized carbons (Fsp3) is 0.400. The third-order valence-electron chi connectivity index (χ3n) is 5.57. The first kappa shape index (κ1) is 22.5. The monoisotopic (exact) mass is 421 g/mol. The number of anilines is 1. The molecule has 0 saturated carbocycles. The van der Waals surface area contributed by atoms with Crippen LogP contribution in [0.25, 0.3) is 0 Å². The Balaban J connectivity index is 1.42. The highest BCUT2D eigenvalue weighted by atomic mass is 16.2. The van der Waals surface area contributed by atoms with E-state index in [1.807, 2.05) is 55.5 Å². The maximum absolute atomic E-state index is 12.5. The summed E-state index contributed by atoms with van der Waals surface area (Å²) in [5.41, 5.74) is 3.73. The van der Waals surface area contributed by atoms with Crippen LogP contribution in [-0.2, 0) is 11.2 Å². The van der Waals surface area contributed by atoms with E-state index >= 15 is 0 Å². The number of nitrogens with one attached hydrogen (secondary N) is 1. The van der Waals surface area contributed by atoms with Crippen molar-refractivity contribution in [3.8, 4) is 0 Å². The van der Waals surface area contributed by atoms with Crippen molar-refractivity contribution in [2.75, 3.05) is 31.5 Å². The van der Waals surface area contributed by atoms with E-state index in [2.05, 4.69) is 12.2 Å². The molecule has 2 aromatic rings. The molecule has 1 aliphatic heterocycles. The number of carbonyl (C=O) groups excluding carboxylic acids is 3. The minimum absolute atomic E-state index is 0.00688. The predicted octanol–water partition coefficient (Wildman–Crippen LogP) is 4.29. The number of hydrogen-bond acceptors (Lipinski definition) is 3. The van der Waals surface area contributed by atoms with Crippen molar-refractivity contribution in [2.45, 2.75) is 39.5 Å². The highest BCUT2D eigenvalue weighted by Crippen LogP contribution is 2.14. The van der Waals surface area contributed by atoms with Crippen molar-refractivity contribution >= 4 is 23.4 Å². The predicted molar refractivity (Wildman–Crippen MR) is 122 cm³/mol. The van der Waals surface area contributed by atoms with Crippen molar-refractivity contribution in [1.29, 1.82) is 0 Å². The molecule has 6 nitrogen and oxygen atoms in total. The highest BCUT2D eigenvalue weighted by molar-refractivity contribution is 5.98. The fourth-order valence-corrected chi connectivity index (χ4v) is 3.75. The van der Waals surface area contributed by atoms with Gasteiger partial charge in [-0.25, -0.2) is 4.79 Å². The molecule has 31 heavy (non-hydrogen) atoms. The number of ketones is 1. The molecule has 2 aromatic carbocycles. The van der Waals surface area contributed by atoms with Gasteiger partial charge in [-0.3, -0.25) is 9.59 Å². The number of benzene rings is 2. The van der Waals surface area contributed by atoms with E-state index in [4.69, 9.17) is 0 Å². The largest absolute Gasteiger partial charge is 0.339 e. The number of urea groups is 1. The Morgan fingerprint density at radius 1 is 0.903 bits per heavy atom. The van der Waals surface area contributed by atoms with Crippen molar-refractivity contribution < 1.29 is 14.4 Å². The van der Waals surface area contributed by atoms with Gasteiger partial charge in [-0.2, -0.15) is 0 Å². The van der Waals surface area contributed by atoms with Crippen LogP contribution >= 0.6 is 0 Å². The average Bonchev–Trinajstić information content (AvgIpc) is 2.78. The lowest BCUT2D eigenvalue weighted by Crippen LogP contribution is -2.51. The van der Waals surface area contributed by atoms with Crippen LogP contribution in [0.15, 0.2) is 48.5 Å². The van der Waals surface area contributed by atoms with E-state index in [1.165, 1.54) is 5.56 Å². The number of piperazine rings is 1. The summed E-state index contributed by atoms with van der Waals surface area (Å²) in [6.45, 7) is 6.04. The number of carbonyl (C=O) groups is 3. The van der Waals surface area contributed by atoms with Crippen LogP contribution in [0.1, 0.15) is 47.7 Å². The van der Waals surface area contributed by atoms with Crippen LogP contribution in [0.5, 0.6) is 0 Å². The summed E-state index contributed by atoms with van der Waals surface area (Å²) in [4.78, 5) is 40.9. The van der Waals surface area contributed by atoms with Crippen molar-refractivity contribution in [3.63, 3.8) is 0 Å². The molecule has 1 heterocycles. The molecule has 164 valence electrons. The first-order valence-corrected chi connectivity index (χ1v) is 11.0. The van der Waals surface area contributed by atoms with Gasteiger partial charge in [-0.1, -0.05) is 49.7 Å². The fourth-order valence-electron chi connectivity index (χ4n) is 3.75. The lowest BCUT2D eigenvalue weighted by molar-refractivity contribution is -0.132. The Kier molecular flexibility index (Phi) is 7.82. The molecule has 0 unspecified atom stereocenters. The number of hydrogen-bond donors (Lipinski definition) is 1. The van der Waals surface area contributed by atoms with E-state index in [0.29, 0.717) is 31.7 Å². The second kappa shape index (κ2) is 10.8. The van der Waals surface area contributed by atoms with Crippen molar-refractivity contribution in [1.82, 2.24) is 9.80 Å². The van der Waals surface area contributed by atoms with Crippen LogP contribution in [-0.4, -0.2) is 53.7 Å². The van der Waals surface area contributed by atoms with Gasteiger partial charge in [0.15, 0.2) is 5.78 Å². The van der Waals surface area contributed by atoms with E-state index in [1.54, 1.807) is 9.80 Å². The number of aryl methyl sites for hydroxylation is 2. The number of nitrogens with zero attached hydrogens (tertiary/aromatic N) is 2. The van der Waals surface area contributed by atoms with E-state index in [-0.39, 0.29) is 30.6 Å². The number of rotatable bonds is 7. The molecule has 0 spiro atoms. The van der Waals surface area contributed by atoms with Gasteiger partial charge in [0, 0.05) is 50.3 Å². The zero-order valence-corrected chi connectivity index (χ0v) is 18.4. The summed E-state index contributed by atoms with van der Waals surface area (Å²) in [5.74, 6) is -0.0396. The summed E-state index contributed by atoms with van der Waals surface area (Å²) in [6.07, 6.45) is 2.48. The van der Waals surface area contributed by atoms with Crippen LogP contribution in [0.3, 0.4) is 0 Å². The van der Waals surface area contributed by atoms with Gasteiger partial charge in [-0.15, -0.1) is 0 Å². The SMILES string of the molecule is CCCc1ccc(C(=O)CCC(=O)N2CCN(C(=O)Nc3cccc(C)c3)CC2)cc1. The standard InChI is InChI=1S/C25H31N3O3/c1-3-5-20-8-10-21(11-9-20)23(29)12-13-24(30)27-14-16-28(17-15-27)25(31)26-22-7-4-6-19(2)18-22/h4,6-11,18H,3,5,12-17H2,1-2H3,(H,26,31). The zero-order chi connectivity index (χ0) is 22.2. The van der Waals surface area contributed by atoms with E-state index in [9.17, 15) is 14.4 Å². The van der Waals surface area contributed by atoms with Gasteiger partial charge < -0.3 is 15.1 Å². The van der Waals surface area contributed by atoms with Gasteiger partial charge in [-0.05, 0) is 36.6 Å². The molecule has 0 aromatic heterocycles. The smallest absolute Gasteiger partial charge is 0.321 e. The summed E-state index contributed by atoms with van der Waals surface area (Å²) in [5, 5.41) is 2.91. The maximum atomic E-state index is 12.5. The first-order chi connectivity index (χ1) is 15.0. The minimum Gasteiger partial charge on any atom is -0.339 e. The van der Waals surface area contributed by atoms with E-state index in [0.717, 1.165) is 24.1 Å². The van der Waals surface area contributed by atoms with Crippen molar-refractivity contribution in [2.24, 2.45) is 0 Å². The Morgan fingerprint density at radius 3 is 2.23 bits per heavy atom. The topological polar surface area (TPSA) is 69.7 Å². The Morgan fingerprint density at radius 2 is 1.58 bits per heavy atom. The summed E-state index contributed by atoms with van der Waals surface area (Å²) >= 11 is 0. The molecule has 1 N–H and O–H groups in total. The highest BCUT2D eigenvalue weighted by Gasteiger charge is 2.24. The van der Waals surface area contributed by atoms with Crippen LogP contribution in [0.2, 0.25) is 0 Å². The third kappa shape index (κ3) is 6.41. The summed E-state index contributed by atoms with van der Waals surface area (Å²) in [7, 11) is 0. The maximum Gasteiger partial charge on any atom is 0.321 e. The summed E-state index contributed by atoms with van der Waals surface area (Å²) < 4.78 is 0. The van der Waals surface area contributed by atoms with Gasteiger partial charge in [0.05, 0.1) is 0 Å². The van der Waals surface area contributed by atoms with Gasteiger partial charge in [0.2, 0.25) is 5.91 Å². The molecular formula is C25H31N3O3. The van der Waals surface area contributed by atoms with Crippen molar-refractivity contribution in [3.05, 3.63) is 65.2 Å². The molecule has 3 rings (SSSR count). The van der Waals surface area contributed by atoms with Crippen LogP contribution in [0, 0.1) is 6.92 Å². The molecular weight excluding hydrogens is 390 g/mol. The van der Waals surface area contributed by atoms with E-state index < -0.39 is 0 Å². The van der Waals surface area contributed by atoms with Crippen LogP contribution in [0.4, 0.5) is 10.5 Å². The molecule has 1 fully saturated rings. The molecule has 0 aliphatic carbocycles. The lowest BCUT2D eigenvalue weighted by Gasteiger charge is -2.34. The van der Waals surface area contributed by atoms with Gasteiger partial charge in [0.25, 0.3) is 0 Å². The zero-order valence-electron chi connectivity index (χ0n) is 18.4. The normalized spacial score (nSPS) is 13.7. The lowest BCUT2D eigenvalue weighted by atomic mass is 10.0. The number of Topliss-reactive ketones (excluding diaryl/α,β-unsaturated/α-hetero) is 1. The molecule has 0 radical (unpaired) electrons. The quantitative estimate of drug-likeness (QED) is 0.678. The summed E-state index contributed by atoms with van der Waals surface area (Å²) in [6, 6.07) is 15.2. The molecule has 3 amide bonds. The molecule has 6 heteroatoms. The Hall–Kier alpha value is -3.15. The van der Waals surface area contributed by atoms with Gasteiger partial charge in [0.1, 0.15) is 0 Å². The third-order valence-corrected chi connectivity index (χ3v) is 5.57.